The van der Waals surface area contributed by atoms with E-state index in [0.717, 1.165) is 11.1 Å². The summed E-state index contributed by atoms with van der Waals surface area (Å²) in [4.78, 5) is 24.1. The first-order valence-corrected chi connectivity index (χ1v) is 9.36. The van der Waals surface area contributed by atoms with Crippen molar-refractivity contribution in [2.45, 2.75) is 6.42 Å². The van der Waals surface area contributed by atoms with E-state index in [9.17, 15) is 9.59 Å². The van der Waals surface area contributed by atoms with E-state index in [1.54, 1.807) is 20.3 Å². The monoisotopic (exact) mass is 409 g/mol. The third-order valence-corrected chi connectivity index (χ3v) is 4.39. The number of methoxy groups -OCH3 is 2. The van der Waals surface area contributed by atoms with Gasteiger partial charge in [-0.3, -0.25) is 9.89 Å². The molecular formula is C22H23N3O5. The summed E-state index contributed by atoms with van der Waals surface area (Å²) < 4.78 is 15.5. The van der Waals surface area contributed by atoms with Gasteiger partial charge in [0.1, 0.15) is 5.69 Å². The molecule has 3 rings (SSSR count). The molecule has 0 aliphatic heterocycles. The molecular weight excluding hydrogens is 386 g/mol. The van der Waals surface area contributed by atoms with Crippen molar-refractivity contribution in [3.05, 3.63) is 65.9 Å². The third-order valence-electron chi connectivity index (χ3n) is 4.39. The minimum Gasteiger partial charge on any atom is -0.493 e. The van der Waals surface area contributed by atoms with E-state index in [1.165, 1.54) is 0 Å². The molecule has 0 fully saturated rings. The first-order valence-electron chi connectivity index (χ1n) is 9.36. The number of aromatic amines is 1. The van der Waals surface area contributed by atoms with Crippen molar-refractivity contribution in [1.29, 1.82) is 0 Å². The van der Waals surface area contributed by atoms with Crippen molar-refractivity contribution in [3.8, 4) is 22.8 Å². The van der Waals surface area contributed by atoms with Gasteiger partial charge in [-0.2, -0.15) is 5.10 Å². The average molecular weight is 409 g/mol. The number of benzene rings is 2. The fraction of sp³-hybridized carbons (Fsp3) is 0.227. The summed E-state index contributed by atoms with van der Waals surface area (Å²) in [6.45, 7) is 0.0263. The zero-order chi connectivity index (χ0) is 21.3. The molecule has 0 aliphatic carbocycles. The molecule has 3 aromatic rings. The average Bonchev–Trinajstić information content (AvgIpc) is 3.28. The molecule has 1 amide bonds. The number of hydrogen-bond donors (Lipinski definition) is 2. The standard InChI is InChI=1S/C22H23N3O5/c1-28-19-9-8-15(12-20(19)29-2)10-11-23-21(26)14-30-22(27)18-13-17(24-25-18)16-6-4-3-5-7-16/h3-9,12-13H,10-11,14H2,1-2H3,(H,23,26)(H,24,25). The summed E-state index contributed by atoms with van der Waals surface area (Å²) in [5.74, 6) is 0.252. The summed E-state index contributed by atoms with van der Waals surface area (Å²) >= 11 is 0. The second-order valence-corrected chi connectivity index (χ2v) is 6.40. The van der Waals surface area contributed by atoms with Crippen LogP contribution in [0.1, 0.15) is 16.1 Å². The van der Waals surface area contributed by atoms with Crippen LogP contribution in [0.25, 0.3) is 11.3 Å². The smallest absolute Gasteiger partial charge is 0.356 e. The van der Waals surface area contributed by atoms with Gasteiger partial charge in [0.15, 0.2) is 18.1 Å². The maximum absolute atomic E-state index is 12.1. The summed E-state index contributed by atoms with van der Waals surface area (Å²) in [7, 11) is 3.14. The van der Waals surface area contributed by atoms with Gasteiger partial charge in [0.05, 0.1) is 19.9 Å². The first kappa shape index (κ1) is 20.9. The Labute approximate surface area is 174 Å². The Kier molecular flexibility index (Phi) is 7.05. The normalized spacial score (nSPS) is 10.3. The highest BCUT2D eigenvalue weighted by molar-refractivity contribution is 5.90. The van der Waals surface area contributed by atoms with E-state index < -0.39 is 5.97 Å². The molecule has 0 saturated carbocycles. The largest absolute Gasteiger partial charge is 0.493 e. The summed E-state index contributed by atoms with van der Waals surface area (Å²) in [6, 6.07) is 16.6. The van der Waals surface area contributed by atoms with Gasteiger partial charge in [-0.05, 0) is 30.2 Å². The predicted molar refractivity (Wildman–Crippen MR) is 111 cm³/mol. The molecule has 1 heterocycles. The Hall–Kier alpha value is -3.81. The topological polar surface area (TPSA) is 103 Å². The van der Waals surface area contributed by atoms with Gasteiger partial charge in [0, 0.05) is 12.1 Å². The number of H-pyrrole nitrogens is 1. The number of hydrogen-bond acceptors (Lipinski definition) is 6. The lowest BCUT2D eigenvalue weighted by Gasteiger charge is -2.10. The van der Waals surface area contributed by atoms with Crippen molar-refractivity contribution >= 4 is 11.9 Å². The molecule has 0 saturated heterocycles. The number of carbonyl (C=O) groups is 2. The molecule has 8 nitrogen and oxygen atoms in total. The highest BCUT2D eigenvalue weighted by Crippen LogP contribution is 2.27. The summed E-state index contributed by atoms with van der Waals surface area (Å²) in [5, 5.41) is 9.45. The molecule has 156 valence electrons. The van der Waals surface area contributed by atoms with Crippen LogP contribution < -0.4 is 14.8 Å². The maximum atomic E-state index is 12.1. The number of rotatable bonds is 9. The van der Waals surface area contributed by atoms with Crippen molar-refractivity contribution in [2.24, 2.45) is 0 Å². The molecule has 0 bridgehead atoms. The Balaban J connectivity index is 1.44. The number of esters is 1. The highest BCUT2D eigenvalue weighted by atomic mass is 16.5. The van der Waals surface area contributed by atoms with Crippen molar-refractivity contribution in [3.63, 3.8) is 0 Å². The lowest BCUT2D eigenvalue weighted by atomic mass is 10.1. The van der Waals surface area contributed by atoms with E-state index in [1.807, 2.05) is 48.5 Å². The van der Waals surface area contributed by atoms with E-state index in [-0.39, 0.29) is 18.2 Å². The van der Waals surface area contributed by atoms with Crippen molar-refractivity contribution < 1.29 is 23.8 Å². The number of carbonyl (C=O) groups excluding carboxylic acids is 2. The number of ether oxygens (including phenoxy) is 3. The van der Waals surface area contributed by atoms with E-state index in [0.29, 0.717) is 30.2 Å². The molecule has 1 aromatic heterocycles. The number of nitrogens with one attached hydrogen (secondary N) is 2. The van der Waals surface area contributed by atoms with Crippen LogP contribution in [0.5, 0.6) is 11.5 Å². The highest BCUT2D eigenvalue weighted by Gasteiger charge is 2.14. The predicted octanol–water partition coefficient (Wildman–Crippen LogP) is 2.61. The third kappa shape index (κ3) is 5.38. The molecule has 30 heavy (non-hydrogen) atoms. The molecule has 0 atom stereocenters. The van der Waals surface area contributed by atoms with Crippen LogP contribution in [0.4, 0.5) is 0 Å². The SMILES string of the molecule is COc1ccc(CCNC(=O)COC(=O)c2cc(-c3ccccc3)n[nH]2)cc1OC. The fourth-order valence-corrected chi connectivity index (χ4v) is 2.83. The van der Waals surface area contributed by atoms with Crippen LogP contribution in [0, 0.1) is 0 Å². The van der Waals surface area contributed by atoms with Gasteiger partial charge >= 0.3 is 5.97 Å². The van der Waals surface area contributed by atoms with Gasteiger partial charge in [-0.25, -0.2) is 4.79 Å². The number of nitrogens with zero attached hydrogens (tertiary/aromatic N) is 1. The minimum absolute atomic E-state index is 0.187. The quantitative estimate of drug-likeness (QED) is 0.527. The molecule has 0 spiro atoms. The molecule has 2 N–H and O–H groups in total. The second kappa shape index (κ2) is 10.1. The molecule has 2 aromatic carbocycles. The van der Waals surface area contributed by atoms with Gasteiger partial charge in [0.25, 0.3) is 5.91 Å². The van der Waals surface area contributed by atoms with E-state index in [4.69, 9.17) is 14.2 Å². The van der Waals surface area contributed by atoms with E-state index in [2.05, 4.69) is 15.5 Å². The van der Waals surface area contributed by atoms with Gasteiger partial charge in [-0.15, -0.1) is 0 Å². The first-order chi connectivity index (χ1) is 14.6. The molecule has 0 aliphatic rings. The van der Waals surface area contributed by atoms with Crippen LogP contribution in [-0.4, -0.2) is 49.4 Å². The second-order valence-electron chi connectivity index (χ2n) is 6.40. The van der Waals surface area contributed by atoms with Gasteiger partial charge < -0.3 is 19.5 Å². The molecule has 8 heteroatoms. The van der Waals surface area contributed by atoms with E-state index >= 15 is 0 Å². The Morgan fingerprint density at radius 3 is 2.50 bits per heavy atom. The minimum atomic E-state index is -0.639. The van der Waals surface area contributed by atoms with Crippen LogP contribution in [0.15, 0.2) is 54.6 Å². The maximum Gasteiger partial charge on any atom is 0.356 e. The van der Waals surface area contributed by atoms with Crippen LogP contribution in [-0.2, 0) is 16.0 Å². The number of amides is 1. The molecule has 0 radical (unpaired) electrons. The number of aromatic nitrogens is 2. The lowest BCUT2D eigenvalue weighted by Crippen LogP contribution is -2.30. The van der Waals surface area contributed by atoms with Crippen LogP contribution >= 0.6 is 0 Å². The van der Waals surface area contributed by atoms with Crippen LogP contribution in [0.3, 0.4) is 0 Å². The zero-order valence-electron chi connectivity index (χ0n) is 16.8. The van der Waals surface area contributed by atoms with Gasteiger partial charge in [-0.1, -0.05) is 36.4 Å². The lowest BCUT2D eigenvalue weighted by molar-refractivity contribution is -0.124. The summed E-state index contributed by atoms with van der Waals surface area (Å²) in [6.07, 6.45) is 0.598. The van der Waals surface area contributed by atoms with Crippen molar-refractivity contribution in [2.75, 3.05) is 27.4 Å². The van der Waals surface area contributed by atoms with Crippen molar-refractivity contribution in [1.82, 2.24) is 15.5 Å². The zero-order valence-corrected chi connectivity index (χ0v) is 16.8. The van der Waals surface area contributed by atoms with Gasteiger partial charge in [0.2, 0.25) is 0 Å². The molecule has 0 unspecified atom stereocenters. The Morgan fingerprint density at radius 1 is 1.00 bits per heavy atom. The van der Waals surface area contributed by atoms with Crippen LogP contribution in [0.2, 0.25) is 0 Å². The Bertz CT molecular complexity index is 1000. The Morgan fingerprint density at radius 2 is 1.77 bits per heavy atom. The summed E-state index contributed by atoms with van der Waals surface area (Å²) in [5.41, 5.74) is 2.67. The fourth-order valence-electron chi connectivity index (χ4n) is 2.83.